The van der Waals surface area contributed by atoms with Crippen molar-refractivity contribution >= 4 is 10.9 Å². The van der Waals surface area contributed by atoms with Crippen molar-refractivity contribution in [3.63, 3.8) is 0 Å². The minimum atomic E-state index is -1.49. The Morgan fingerprint density at radius 1 is 1.20 bits per heavy atom. The molecule has 0 amide bonds. The Bertz CT molecular complexity index is 1480. The van der Waals surface area contributed by atoms with Crippen molar-refractivity contribution in [2.45, 2.75) is 58.7 Å². The SMILES string of the molecule is Cc1ccc(OC(C)F)c([C@H]2CCn3c(=O)c4cc(F)c(-c5cnc(C(C)(C)O)nc5)cc4n32)c1. The number of fused-ring (bicyclic) bond motifs is 3. The molecule has 0 bridgehead atoms. The van der Waals surface area contributed by atoms with Gasteiger partial charge in [0.1, 0.15) is 17.2 Å². The molecule has 1 N–H and O–H groups in total. The fourth-order valence-electron chi connectivity index (χ4n) is 4.70. The van der Waals surface area contributed by atoms with Crippen molar-refractivity contribution in [2.75, 3.05) is 0 Å². The Morgan fingerprint density at radius 2 is 1.91 bits per heavy atom. The normalized spacial score (nSPS) is 16.5. The van der Waals surface area contributed by atoms with Crippen molar-refractivity contribution < 1.29 is 18.6 Å². The Morgan fingerprint density at radius 3 is 2.57 bits per heavy atom. The number of halogens is 2. The summed E-state index contributed by atoms with van der Waals surface area (Å²) in [6.07, 6.45) is 2.03. The van der Waals surface area contributed by atoms with Crippen LogP contribution in [0.4, 0.5) is 8.78 Å². The molecule has 2 atom stereocenters. The Labute approximate surface area is 200 Å². The summed E-state index contributed by atoms with van der Waals surface area (Å²) in [5.74, 6) is 0.0654. The third-order valence-electron chi connectivity index (χ3n) is 6.29. The highest BCUT2D eigenvalue weighted by atomic mass is 19.1. The molecule has 35 heavy (non-hydrogen) atoms. The Balaban J connectivity index is 1.67. The molecule has 0 saturated heterocycles. The third kappa shape index (κ3) is 3.99. The molecule has 3 heterocycles. The van der Waals surface area contributed by atoms with E-state index in [1.54, 1.807) is 30.7 Å². The van der Waals surface area contributed by atoms with E-state index >= 15 is 4.39 Å². The highest BCUT2D eigenvalue weighted by Gasteiger charge is 2.31. The van der Waals surface area contributed by atoms with Gasteiger partial charge in [0, 0.05) is 42.6 Å². The van der Waals surface area contributed by atoms with Crippen LogP contribution in [0, 0.1) is 12.7 Å². The minimum Gasteiger partial charge on any atom is -0.460 e. The van der Waals surface area contributed by atoms with Crippen LogP contribution in [0.1, 0.15) is 50.2 Å². The van der Waals surface area contributed by atoms with Crippen molar-refractivity contribution in [1.29, 1.82) is 0 Å². The summed E-state index contributed by atoms with van der Waals surface area (Å²) in [5, 5.41) is 10.4. The lowest BCUT2D eigenvalue weighted by molar-refractivity contribution is 0.0687. The van der Waals surface area contributed by atoms with E-state index in [4.69, 9.17) is 4.74 Å². The van der Waals surface area contributed by atoms with Crippen LogP contribution in [-0.2, 0) is 12.1 Å². The van der Waals surface area contributed by atoms with Crippen molar-refractivity contribution in [2.24, 2.45) is 0 Å². The molecule has 5 rings (SSSR count). The van der Waals surface area contributed by atoms with Crippen molar-refractivity contribution in [1.82, 2.24) is 19.3 Å². The quantitative estimate of drug-likeness (QED) is 0.451. The van der Waals surface area contributed by atoms with Gasteiger partial charge in [0.05, 0.1) is 16.9 Å². The van der Waals surface area contributed by atoms with Crippen LogP contribution in [0.25, 0.3) is 22.0 Å². The second-order valence-corrected chi connectivity index (χ2v) is 9.48. The summed E-state index contributed by atoms with van der Waals surface area (Å²) in [5.41, 5.74) is 1.45. The van der Waals surface area contributed by atoms with E-state index in [2.05, 4.69) is 9.97 Å². The van der Waals surface area contributed by atoms with E-state index in [1.807, 2.05) is 23.7 Å². The monoisotopic (exact) mass is 480 g/mol. The summed E-state index contributed by atoms with van der Waals surface area (Å²) in [4.78, 5) is 21.5. The van der Waals surface area contributed by atoms with Gasteiger partial charge in [-0.15, -0.1) is 0 Å². The van der Waals surface area contributed by atoms with Crippen LogP contribution in [0.3, 0.4) is 0 Å². The number of aryl methyl sites for hydroxylation is 1. The van der Waals surface area contributed by atoms with Crippen LogP contribution >= 0.6 is 0 Å². The zero-order chi connectivity index (χ0) is 25.1. The fourth-order valence-corrected chi connectivity index (χ4v) is 4.70. The van der Waals surface area contributed by atoms with Gasteiger partial charge in [-0.2, -0.15) is 0 Å². The van der Waals surface area contributed by atoms with E-state index in [0.717, 1.165) is 11.1 Å². The summed E-state index contributed by atoms with van der Waals surface area (Å²) in [7, 11) is 0. The maximum atomic E-state index is 15.1. The summed E-state index contributed by atoms with van der Waals surface area (Å²) in [6.45, 7) is 6.83. The van der Waals surface area contributed by atoms with Crippen LogP contribution in [-0.4, -0.2) is 30.8 Å². The molecule has 0 saturated carbocycles. The number of nitrogens with zero attached hydrogens (tertiary/aromatic N) is 4. The lowest BCUT2D eigenvalue weighted by Gasteiger charge is -2.20. The molecule has 9 heteroatoms. The second kappa shape index (κ2) is 8.27. The maximum Gasteiger partial charge on any atom is 0.274 e. The van der Waals surface area contributed by atoms with Gasteiger partial charge < -0.3 is 9.84 Å². The average Bonchev–Trinajstić information content (AvgIpc) is 3.33. The molecular formula is C26H26F2N4O3. The predicted molar refractivity (Wildman–Crippen MR) is 128 cm³/mol. The number of aromatic nitrogens is 4. The van der Waals surface area contributed by atoms with E-state index < -0.39 is 17.8 Å². The molecule has 1 aliphatic rings. The van der Waals surface area contributed by atoms with Gasteiger partial charge in [0.25, 0.3) is 5.56 Å². The second-order valence-electron chi connectivity index (χ2n) is 9.48. The fraction of sp³-hybridized carbons (Fsp3) is 0.346. The van der Waals surface area contributed by atoms with Crippen LogP contribution in [0.2, 0.25) is 0 Å². The highest BCUT2D eigenvalue weighted by Crippen LogP contribution is 2.38. The van der Waals surface area contributed by atoms with E-state index in [-0.39, 0.29) is 28.4 Å². The lowest BCUT2D eigenvalue weighted by atomic mass is 10.00. The topological polar surface area (TPSA) is 82.2 Å². The van der Waals surface area contributed by atoms with Crippen LogP contribution in [0.5, 0.6) is 5.75 Å². The number of alkyl halides is 1. The minimum absolute atomic E-state index is 0.220. The van der Waals surface area contributed by atoms with Crippen molar-refractivity contribution in [3.8, 4) is 16.9 Å². The molecule has 4 aromatic rings. The standard InChI is InChI=1S/C26H26F2N4O3/c1-14-5-6-23(35-15(2)27)18(9-14)21-7-8-31-24(33)19-10-20(28)17(11-22(19)32(21)31)16-12-29-25(30-13-16)26(3,4)34/h5-6,9-13,15,21,34H,7-8H2,1-4H3/t15?,21-/m1/s1. The first kappa shape index (κ1) is 23.2. The van der Waals surface area contributed by atoms with Gasteiger partial charge in [-0.05, 0) is 45.4 Å². The molecule has 2 aromatic carbocycles. The first-order chi connectivity index (χ1) is 16.5. The largest absolute Gasteiger partial charge is 0.460 e. The number of rotatable bonds is 5. The Kier molecular flexibility index (Phi) is 5.47. The molecule has 1 unspecified atom stereocenters. The summed E-state index contributed by atoms with van der Waals surface area (Å²) < 4.78 is 37.8. The number of hydrogen-bond donors (Lipinski definition) is 1. The highest BCUT2D eigenvalue weighted by molar-refractivity contribution is 5.85. The molecule has 1 aliphatic heterocycles. The van der Waals surface area contributed by atoms with Gasteiger partial charge in [-0.1, -0.05) is 17.7 Å². The first-order valence-electron chi connectivity index (χ1n) is 11.5. The number of aliphatic hydroxyl groups is 1. The average molecular weight is 481 g/mol. The smallest absolute Gasteiger partial charge is 0.274 e. The lowest BCUT2D eigenvalue weighted by Crippen LogP contribution is -2.19. The van der Waals surface area contributed by atoms with Crippen LogP contribution < -0.4 is 10.3 Å². The molecule has 0 aliphatic carbocycles. The van der Waals surface area contributed by atoms with E-state index in [9.17, 15) is 14.3 Å². The van der Waals surface area contributed by atoms with Gasteiger partial charge in [-0.25, -0.2) is 23.4 Å². The third-order valence-corrected chi connectivity index (χ3v) is 6.29. The predicted octanol–water partition coefficient (Wildman–Crippen LogP) is 4.62. The number of hydrogen-bond acceptors (Lipinski definition) is 5. The van der Waals surface area contributed by atoms with E-state index in [0.29, 0.717) is 29.8 Å². The molecule has 7 nitrogen and oxygen atoms in total. The molecule has 0 radical (unpaired) electrons. The van der Waals surface area contributed by atoms with Gasteiger partial charge >= 0.3 is 0 Å². The number of ether oxygens (including phenoxy) is 1. The molecular weight excluding hydrogens is 454 g/mol. The van der Waals surface area contributed by atoms with Gasteiger partial charge in [0.2, 0.25) is 6.36 Å². The molecule has 0 fully saturated rings. The summed E-state index contributed by atoms with van der Waals surface area (Å²) in [6, 6.07) is 8.09. The maximum absolute atomic E-state index is 15.1. The zero-order valence-corrected chi connectivity index (χ0v) is 19.9. The number of benzene rings is 2. The van der Waals surface area contributed by atoms with Crippen LogP contribution in [0.15, 0.2) is 47.5 Å². The molecule has 0 spiro atoms. The first-order valence-corrected chi connectivity index (χ1v) is 11.5. The van der Waals surface area contributed by atoms with Gasteiger partial charge in [0.15, 0.2) is 5.82 Å². The van der Waals surface area contributed by atoms with Crippen molar-refractivity contribution in [3.05, 3.63) is 75.8 Å². The Hall–Kier alpha value is -3.59. The zero-order valence-electron chi connectivity index (χ0n) is 19.9. The molecule has 2 aromatic heterocycles. The molecule has 182 valence electrons. The van der Waals surface area contributed by atoms with E-state index in [1.165, 1.54) is 25.4 Å². The van der Waals surface area contributed by atoms with Gasteiger partial charge in [-0.3, -0.25) is 9.48 Å². The summed E-state index contributed by atoms with van der Waals surface area (Å²) >= 11 is 0.